The standard InChI is InChI=1S/C12H19N5O2/c13-12(14-6-9-2-1-5-18-9)15-7-10-16-11(19-17-10)8-3-4-8/h8-9H,1-7H2,(H3,13,14,15). The number of nitrogens with two attached hydrogens (primary N) is 1. The molecular weight excluding hydrogens is 246 g/mol. The molecule has 3 rings (SSSR count). The Labute approximate surface area is 111 Å². The Kier molecular flexibility index (Phi) is 3.63. The molecule has 3 N–H and O–H groups in total. The van der Waals surface area contributed by atoms with Crippen LogP contribution in [0.3, 0.4) is 0 Å². The van der Waals surface area contributed by atoms with Gasteiger partial charge in [-0.15, -0.1) is 0 Å². The van der Waals surface area contributed by atoms with Gasteiger partial charge in [-0.3, -0.25) is 0 Å². The number of rotatable bonds is 5. The summed E-state index contributed by atoms with van der Waals surface area (Å²) >= 11 is 0. The zero-order chi connectivity index (χ0) is 13.1. The third-order valence-corrected chi connectivity index (χ3v) is 3.34. The molecule has 2 aliphatic rings. The Balaban J connectivity index is 1.44. The van der Waals surface area contributed by atoms with Crippen molar-refractivity contribution in [3.05, 3.63) is 11.7 Å². The highest BCUT2D eigenvalue weighted by molar-refractivity contribution is 5.77. The number of hydrogen-bond acceptors (Lipinski definition) is 5. The summed E-state index contributed by atoms with van der Waals surface area (Å²) in [6.45, 7) is 1.89. The van der Waals surface area contributed by atoms with Crippen LogP contribution in [-0.4, -0.2) is 35.4 Å². The van der Waals surface area contributed by atoms with Gasteiger partial charge in [-0.25, -0.2) is 4.99 Å². The van der Waals surface area contributed by atoms with E-state index in [0.29, 0.717) is 30.8 Å². The van der Waals surface area contributed by atoms with Gasteiger partial charge < -0.3 is 20.3 Å². The Hall–Kier alpha value is -1.63. The van der Waals surface area contributed by atoms with Crippen LogP contribution in [-0.2, 0) is 11.3 Å². The van der Waals surface area contributed by atoms with Gasteiger partial charge in [-0.1, -0.05) is 5.16 Å². The van der Waals surface area contributed by atoms with E-state index in [-0.39, 0.29) is 6.10 Å². The van der Waals surface area contributed by atoms with Crippen LogP contribution >= 0.6 is 0 Å². The first-order valence-electron chi connectivity index (χ1n) is 6.79. The Bertz CT molecular complexity index is 449. The summed E-state index contributed by atoms with van der Waals surface area (Å²) in [5.74, 6) is 2.19. The highest BCUT2D eigenvalue weighted by Gasteiger charge is 2.29. The number of ether oxygens (including phenoxy) is 1. The van der Waals surface area contributed by atoms with E-state index < -0.39 is 0 Å². The molecule has 1 unspecified atom stereocenters. The SMILES string of the molecule is NC(=NCc1noc(C2CC2)n1)NCC1CCCO1. The van der Waals surface area contributed by atoms with E-state index in [0.717, 1.165) is 38.2 Å². The molecule has 1 aromatic rings. The van der Waals surface area contributed by atoms with Crippen molar-refractivity contribution in [1.82, 2.24) is 15.5 Å². The minimum Gasteiger partial charge on any atom is -0.376 e. The number of hydrogen-bond donors (Lipinski definition) is 2. The zero-order valence-corrected chi connectivity index (χ0v) is 10.8. The highest BCUT2D eigenvalue weighted by Crippen LogP contribution is 2.38. The second kappa shape index (κ2) is 5.56. The minimum atomic E-state index is 0.250. The monoisotopic (exact) mass is 265 g/mol. The molecule has 0 amide bonds. The molecule has 0 bridgehead atoms. The molecule has 1 saturated heterocycles. The summed E-state index contributed by atoms with van der Waals surface area (Å²) < 4.78 is 10.6. The lowest BCUT2D eigenvalue weighted by Gasteiger charge is -2.10. The summed E-state index contributed by atoms with van der Waals surface area (Å²) in [4.78, 5) is 8.48. The molecule has 1 aromatic heterocycles. The maximum absolute atomic E-state index is 5.78. The summed E-state index contributed by atoms with van der Waals surface area (Å²) in [5, 5.41) is 6.94. The normalized spacial score (nSPS) is 23.8. The van der Waals surface area contributed by atoms with Crippen LogP contribution in [0, 0.1) is 0 Å². The minimum absolute atomic E-state index is 0.250. The zero-order valence-electron chi connectivity index (χ0n) is 10.8. The molecule has 2 fully saturated rings. The van der Waals surface area contributed by atoms with E-state index in [9.17, 15) is 0 Å². The Morgan fingerprint density at radius 2 is 2.32 bits per heavy atom. The average Bonchev–Trinajstić information content (AvgIpc) is 2.95. The molecular formula is C12H19N5O2. The number of nitrogens with zero attached hydrogens (tertiary/aromatic N) is 3. The molecule has 0 radical (unpaired) electrons. The Morgan fingerprint density at radius 1 is 1.42 bits per heavy atom. The first kappa shape index (κ1) is 12.4. The van der Waals surface area contributed by atoms with Gasteiger partial charge in [0, 0.05) is 19.1 Å². The summed E-state index contributed by atoms with van der Waals surface area (Å²) in [6.07, 6.45) is 4.75. The van der Waals surface area contributed by atoms with Gasteiger partial charge in [0.15, 0.2) is 11.8 Å². The topological polar surface area (TPSA) is 98.6 Å². The van der Waals surface area contributed by atoms with Gasteiger partial charge in [0.25, 0.3) is 0 Å². The third-order valence-electron chi connectivity index (χ3n) is 3.34. The molecule has 1 aliphatic carbocycles. The highest BCUT2D eigenvalue weighted by atomic mass is 16.5. The molecule has 0 aromatic carbocycles. The molecule has 7 heteroatoms. The quantitative estimate of drug-likeness (QED) is 0.595. The van der Waals surface area contributed by atoms with E-state index in [1.807, 2.05) is 0 Å². The lowest BCUT2D eigenvalue weighted by atomic mass is 10.2. The van der Waals surface area contributed by atoms with Crippen molar-refractivity contribution in [3.8, 4) is 0 Å². The fraction of sp³-hybridized carbons (Fsp3) is 0.750. The fourth-order valence-electron chi connectivity index (χ4n) is 2.06. The number of guanidine groups is 1. The summed E-state index contributed by atoms with van der Waals surface area (Å²) in [6, 6.07) is 0. The smallest absolute Gasteiger partial charge is 0.229 e. The van der Waals surface area contributed by atoms with E-state index in [2.05, 4.69) is 20.4 Å². The van der Waals surface area contributed by atoms with Gasteiger partial charge in [0.2, 0.25) is 5.89 Å². The van der Waals surface area contributed by atoms with Gasteiger partial charge in [-0.05, 0) is 25.7 Å². The third kappa shape index (κ3) is 3.44. The second-order valence-corrected chi connectivity index (χ2v) is 5.04. The largest absolute Gasteiger partial charge is 0.376 e. The van der Waals surface area contributed by atoms with Crippen LogP contribution in [0.1, 0.15) is 43.3 Å². The predicted molar refractivity (Wildman–Crippen MR) is 68.6 cm³/mol. The molecule has 1 atom stereocenters. The van der Waals surface area contributed by atoms with Crippen molar-refractivity contribution >= 4 is 5.96 Å². The van der Waals surface area contributed by atoms with Crippen LogP contribution < -0.4 is 11.1 Å². The molecule has 1 saturated carbocycles. The maximum Gasteiger partial charge on any atom is 0.229 e. The Morgan fingerprint density at radius 3 is 3.05 bits per heavy atom. The summed E-state index contributed by atoms with van der Waals surface area (Å²) in [7, 11) is 0. The van der Waals surface area contributed by atoms with Crippen molar-refractivity contribution in [1.29, 1.82) is 0 Å². The molecule has 0 spiro atoms. The van der Waals surface area contributed by atoms with Crippen LogP contribution in [0.25, 0.3) is 0 Å². The number of nitrogens with one attached hydrogen (secondary N) is 1. The van der Waals surface area contributed by atoms with E-state index in [1.54, 1.807) is 0 Å². The van der Waals surface area contributed by atoms with Gasteiger partial charge in [0.1, 0.15) is 6.54 Å². The average molecular weight is 265 g/mol. The van der Waals surface area contributed by atoms with Gasteiger partial charge in [0.05, 0.1) is 6.10 Å². The lowest BCUT2D eigenvalue weighted by molar-refractivity contribution is 0.114. The molecule has 104 valence electrons. The lowest BCUT2D eigenvalue weighted by Crippen LogP contribution is -2.37. The number of aliphatic imine (C=N–C) groups is 1. The first-order chi connectivity index (χ1) is 9.31. The first-order valence-corrected chi connectivity index (χ1v) is 6.79. The predicted octanol–water partition coefficient (Wildman–Crippen LogP) is 0.530. The van der Waals surface area contributed by atoms with Gasteiger partial charge >= 0.3 is 0 Å². The van der Waals surface area contributed by atoms with Crippen molar-refractivity contribution in [2.75, 3.05) is 13.2 Å². The van der Waals surface area contributed by atoms with Crippen LogP contribution in [0.4, 0.5) is 0 Å². The van der Waals surface area contributed by atoms with Crippen molar-refractivity contribution in [2.24, 2.45) is 10.7 Å². The van der Waals surface area contributed by atoms with Crippen molar-refractivity contribution < 1.29 is 9.26 Å². The van der Waals surface area contributed by atoms with E-state index in [1.165, 1.54) is 0 Å². The maximum atomic E-state index is 5.78. The van der Waals surface area contributed by atoms with E-state index in [4.69, 9.17) is 15.0 Å². The second-order valence-electron chi connectivity index (χ2n) is 5.04. The fourth-order valence-corrected chi connectivity index (χ4v) is 2.06. The summed E-state index contributed by atoms with van der Waals surface area (Å²) in [5.41, 5.74) is 5.78. The van der Waals surface area contributed by atoms with Crippen LogP contribution in [0.2, 0.25) is 0 Å². The molecule has 19 heavy (non-hydrogen) atoms. The van der Waals surface area contributed by atoms with Crippen LogP contribution in [0.15, 0.2) is 9.52 Å². The molecule has 2 heterocycles. The van der Waals surface area contributed by atoms with E-state index >= 15 is 0 Å². The number of aromatic nitrogens is 2. The van der Waals surface area contributed by atoms with Crippen molar-refractivity contribution in [2.45, 2.75) is 44.2 Å². The van der Waals surface area contributed by atoms with Crippen LogP contribution in [0.5, 0.6) is 0 Å². The van der Waals surface area contributed by atoms with Gasteiger partial charge in [-0.2, -0.15) is 4.98 Å². The molecule has 7 nitrogen and oxygen atoms in total. The van der Waals surface area contributed by atoms with Crippen molar-refractivity contribution in [3.63, 3.8) is 0 Å². The molecule has 1 aliphatic heterocycles.